The Kier molecular flexibility index (Phi) is 6.05. The Hall–Kier alpha value is -6.63. The van der Waals surface area contributed by atoms with E-state index in [-0.39, 0.29) is 0 Å². The van der Waals surface area contributed by atoms with Crippen LogP contribution in [-0.4, -0.2) is 24.1 Å². The first-order valence-electron chi connectivity index (χ1n) is 17.0. The van der Waals surface area contributed by atoms with Crippen LogP contribution in [0.15, 0.2) is 164 Å². The zero-order valence-corrected chi connectivity index (χ0v) is 28.0. The van der Waals surface area contributed by atoms with Crippen LogP contribution in [0.4, 0.5) is 0 Å². The maximum absolute atomic E-state index is 5.26. The second-order valence-electron chi connectivity index (χ2n) is 12.9. The van der Waals surface area contributed by atoms with Crippen molar-refractivity contribution in [3.8, 4) is 33.9 Å². The third-order valence-corrected chi connectivity index (χ3v) is 11.0. The minimum atomic E-state index is 0.829. The molecule has 0 N–H and O–H groups in total. The van der Waals surface area contributed by atoms with E-state index in [1.54, 1.807) is 11.3 Å². The van der Waals surface area contributed by atoms with Gasteiger partial charge in [-0.15, -0.1) is 11.3 Å². The average molecular weight is 670 g/mol. The van der Waals surface area contributed by atoms with E-state index in [0.29, 0.717) is 0 Å². The number of hydrogen-bond donors (Lipinski definition) is 0. The fraction of sp³-hybridized carbons (Fsp3) is 0. The third kappa shape index (κ3) is 4.30. The van der Waals surface area contributed by atoms with E-state index in [0.717, 1.165) is 65.5 Å². The smallest absolute Gasteiger partial charge is 0.144 e. The fourth-order valence-electron chi connectivity index (χ4n) is 7.68. The fourth-order valence-corrected chi connectivity index (χ4v) is 8.61. The molecule has 0 fully saturated rings. The van der Waals surface area contributed by atoms with Gasteiger partial charge in [-0.25, -0.2) is 15.0 Å². The van der Waals surface area contributed by atoms with Gasteiger partial charge in [0, 0.05) is 44.0 Å². The lowest BCUT2D eigenvalue weighted by Gasteiger charge is -2.09. The molecule has 0 amide bonds. The lowest BCUT2D eigenvalue weighted by molar-refractivity contribution is 1.18. The Bertz CT molecular complexity index is 2920. The third-order valence-electron chi connectivity index (χ3n) is 10.00. The number of benzene rings is 6. The first kappa shape index (κ1) is 28.2. The summed E-state index contributed by atoms with van der Waals surface area (Å²) in [6, 6.07) is 55.9. The Balaban J connectivity index is 1.07. The highest BCUT2D eigenvalue weighted by Crippen LogP contribution is 2.38. The number of thiophene rings is 1. The molecule has 0 radical (unpaired) electrons. The van der Waals surface area contributed by atoms with Gasteiger partial charge in [0.05, 0.1) is 44.4 Å². The molecule has 0 spiro atoms. The lowest BCUT2D eigenvalue weighted by atomic mass is 10.1. The van der Waals surface area contributed by atoms with Gasteiger partial charge in [-0.05, 0) is 60.7 Å². The van der Waals surface area contributed by atoms with Crippen LogP contribution in [0, 0.1) is 0 Å². The highest BCUT2D eigenvalue weighted by molar-refractivity contribution is 7.25. The first-order valence-corrected chi connectivity index (χ1v) is 17.8. The largest absolute Gasteiger partial charge is 0.309 e. The average Bonchev–Trinajstić information content (AvgIpc) is 3.85. The van der Waals surface area contributed by atoms with Crippen LogP contribution in [0.5, 0.6) is 0 Å². The molecule has 0 saturated heterocycles. The first-order chi connectivity index (χ1) is 25.3. The monoisotopic (exact) mass is 669 g/mol. The summed E-state index contributed by atoms with van der Waals surface area (Å²) in [5, 5.41) is 4.90. The number of rotatable bonds is 4. The minimum Gasteiger partial charge on any atom is -0.309 e. The second-order valence-corrected chi connectivity index (χ2v) is 13.9. The zero-order valence-electron chi connectivity index (χ0n) is 27.2. The molecule has 0 aliphatic heterocycles. The van der Waals surface area contributed by atoms with Crippen molar-refractivity contribution in [2.75, 3.05) is 0 Å². The van der Waals surface area contributed by atoms with E-state index < -0.39 is 0 Å². The van der Waals surface area contributed by atoms with Crippen LogP contribution in [-0.2, 0) is 0 Å². The van der Waals surface area contributed by atoms with E-state index >= 15 is 0 Å². The summed E-state index contributed by atoms with van der Waals surface area (Å²) in [5.74, 6) is 0. The number of aromatic nitrogens is 5. The molecular weight excluding hydrogens is 643 g/mol. The van der Waals surface area contributed by atoms with Crippen molar-refractivity contribution in [3.63, 3.8) is 0 Å². The highest BCUT2D eigenvalue weighted by atomic mass is 32.1. The molecule has 6 aromatic carbocycles. The van der Waals surface area contributed by atoms with Gasteiger partial charge < -0.3 is 9.13 Å². The van der Waals surface area contributed by atoms with Crippen LogP contribution >= 0.6 is 11.3 Å². The number of para-hydroxylation sites is 4. The molecule has 5 aromatic heterocycles. The second kappa shape index (κ2) is 10.9. The van der Waals surface area contributed by atoms with Gasteiger partial charge >= 0.3 is 0 Å². The van der Waals surface area contributed by atoms with Crippen molar-refractivity contribution in [1.82, 2.24) is 24.1 Å². The van der Waals surface area contributed by atoms with Crippen molar-refractivity contribution in [1.29, 1.82) is 0 Å². The van der Waals surface area contributed by atoms with Gasteiger partial charge in [0.15, 0.2) is 0 Å². The van der Waals surface area contributed by atoms with Gasteiger partial charge in [-0.2, -0.15) is 0 Å². The maximum Gasteiger partial charge on any atom is 0.144 e. The topological polar surface area (TPSA) is 48.5 Å². The van der Waals surface area contributed by atoms with E-state index in [9.17, 15) is 0 Å². The van der Waals surface area contributed by atoms with E-state index in [4.69, 9.17) is 15.0 Å². The molecule has 0 atom stereocenters. The summed E-state index contributed by atoms with van der Waals surface area (Å²) in [6.45, 7) is 0. The summed E-state index contributed by atoms with van der Waals surface area (Å²) in [6.07, 6.45) is 1.89. The van der Waals surface area contributed by atoms with Gasteiger partial charge in [0.2, 0.25) is 0 Å². The van der Waals surface area contributed by atoms with Crippen molar-refractivity contribution < 1.29 is 0 Å². The van der Waals surface area contributed by atoms with Gasteiger partial charge in [0.1, 0.15) is 15.9 Å². The Morgan fingerprint density at radius 1 is 0.412 bits per heavy atom. The molecule has 0 bridgehead atoms. The van der Waals surface area contributed by atoms with Crippen LogP contribution in [0.1, 0.15) is 0 Å². The summed E-state index contributed by atoms with van der Waals surface area (Å²) in [7, 11) is 0. The van der Waals surface area contributed by atoms with Gasteiger partial charge in [-0.1, -0.05) is 97.1 Å². The summed E-state index contributed by atoms with van der Waals surface area (Å²) in [5.41, 5.74) is 12.5. The van der Waals surface area contributed by atoms with E-state index in [2.05, 4.69) is 167 Å². The van der Waals surface area contributed by atoms with E-state index in [1.807, 2.05) is 6.20 Å². The van der Waals surface area contributed by atoms with Gasteiger partial charge in [-0.3, -0.25) is 0 Å². The molecule has 5 nitrogen and oxygen atoms in total. The normalized spacial score (nSPS) is 11.9. The molecule has 238 valence electrons. The summed E-state index contributed by atoms with van der Waals surface area (Å²) < 4.78 is 5.76. The number of pyridine rings is 1. The number of nitrogens with zero attached hydrogens (tertiary/aromatic N) is 5. The molecule has 11 rings (SSSR count). The lowest BCUT2D eigenvalue weighted by Crippen LogP contribution is -1.94. The summed E-state index contributed by atoms with van der Waals surface area (Å²) in [4.78, 5) is 16.3. The SMILES string of the molecule is c1ccc(-n2c3ccccc3c3ccc(-c4ccc5sc6ncc(-c7ccc8c9ccccc9n(-c9ccccc9)c8c7)nc6c5n4)cc32)cc1. The quantitative estimate of drug-likeness (QED) is 0.187. The molecule has 11 aromatic rings. The molecule has 0 unspecified atom stereocenters. The standard InChI is InChI=1S/C45H27N5S/c1-3-11-30(12-4-1)49-38-17-9-7-15-32(38)34-21-19-28(25-40(34)49)36-23-24-42-43(47-36)44-45(51-42)46-27-37(48-44)29-20-22-35-33-16-8-10-18-39(33)50(41(35)26-29)31-13-5-2-6-14-31/h1-27H. The maximum atomic E-state index is 5.26. The molecule has 51 heavy (non-hydrogen) atoms. The molecule has 0 saturated carbocycles. The zero-order chi connectivity index (χ0) is 33.5. The highest BCUT2D eigenvalue weighted by Gasteiger charge is 2.17. The van der Waals surface area contributed by atoms with Crippen molar-refractivity contribution >= 4 is 75.5 Å². The molecule has 6 heteroatoms. The molecular formula is C45H27N5S. The van der Waals surface area contributed by atoms with Gasteiger partial charge in [0.25, 0.3) is 0 Å². The van der Waals surface area contributed by atoms with Crippen molar-refractivity contribution in [2.45, 2.75) is 0 Å². The summed E-state index contributed by atoms with van der Waals surface area (Å²) >= 11 is 1.64. The Labute approximate surface area is 296 Å². The predicted octanol–water partition coefficient (Wildman–Crippen LogP) is 11.8. The van der Waals surface area contributed by atoms with Crippen LogP contribution in [0.3, 0.4) is 0 Å². The Morgan fingerprint density at radius 3 is 1.53 bits per heavy atom. The van der Waals surface area contributed by atoms with Crippen LogP contribution in [0.25, 0.3) is 98.1 Å². The Morgan fingerprint density at radius 2 is 0.922 bits per heavy atom. The van der Waals surface area contributed by atoms with Crippen molar-refractivity contribution in [2.24, 2.45) is 0 Å². The van der Waals surface area contributed by atoms with Crippen LogP contribution in [0.2, 0.25) is 0 Å². The molecule has 0 aliphatic carbocycles. The van der Waals surface area contributed by atoms with E-state index in [1.165, 1.54) is 32.6 Å². The molecule has 5 heterocycles. The predicted molar refractivity (Wildman–Crippen MR) is 212 cm³/mol. The van der Waals surface area contributed by atoms with Crippen LogP contribution < -0.4 is 0 Å². The number of hydrogen-bond acceptors (Lipinski definition) is 4. The molecule has 0 aliphatic rings. The minimum absolute atomic E-state index is 0.829. The van der Waals surface area contributed by atoms with Crippen molar-refractivity contribution in [3.05, 3.63) is 164 Å². The number of fused-ring (bicyclic) bond motifs is 9.